The van der Waals surface area contributed by atoms with E-state index in [1.807, 2.05) is 24.4 Å². The van der Waals surface area contributed by atoms with Crippen LogP contribution >= 0.6 is 11.3 Å². The molecule has 1 aliphatic rings. The molecule has 1 amide bonds. The van der Waals surface area contributed by atoms with Crippen molar-refractivity contribution in [2.45, 2.75) is 32.7 Å². The Morgan fingerprint density at radius 3 is 3.00 bits per heavy atom. The smallest absolute Gasteiger partial charge is 0.226 e. The quantitative estimate of drug-likeness (QED) is 0.904. The highest BCUT2D eigenvalue weighted by Crippen LogP contribution is 2.32. The average Bonchev–Trinajstić information content (AvgIpc) is 2.97. The maximum atomic E-state index is 12.4. The molecule has 2 unspecified atom stereocenters. The number of amides is 1. The monoisotopic (exact) mass is 267 g/mol. The highest BCUT2D eigenvalue weighted by Gasteiger charge is 2.33. The van der Waals surface area contributed by atoms with Crippen LogP contribution in [0.1, 0.15) is 29.8 Å². The predicted octanol–water partition coefficient (Wildman–Crippen LogP) is 1.78. The summed E-state index contributed by atoms with van der Waals surface area (Å²) in [5.74, 6) is 0.756. The molecule has 1 fully saturated rings. The molecule has 100 valence electrons. The van der Waals surface area contributed by atoms with Crippen LogP contribution in [0.5, 0.6) is 0 Å². The molecule has 0 aromatic carbocycles. The summed E-state index contributed by atoms with van der Waals surface area (Å²) in [5.41, 5.74) is 8.61. The van der Waals surface area contributed by atoms with E-state index in [-0.39, 0.29) is 11.8 Å². The molecule has 18 heavy (non-hydrogen) atoms. The summed E-state index contributed by atoms with van der Waals surface area (Å²) in [6, 6.07) is 0. The van der Waals surface area contributed by atoms with Crippen LogP contribution in [0.25, 0.3) is 0 Å². The number of nitrogens with two attached hydrogens (primary N) is 1. The first-order valence-corrected chi connectivity index (χ1v) is 7.35. The van der Waals surface area contributed by atoms with Crippen molar-refractivity contribution in [1.29, 1.82) is 0 Å². The van der Waals surface area contributed by atoms with E-state index in [0.29, 0.717) is 19.0 Å². The zero-order chi connectivity index (χ0) is 13.1. The molecule has 2 N–H and O–H groups in total. The van der Waals surface area contributed by atoms with Gasteiger partial charge < -0.3 is 10.6 Å². The predicted molar refractivity (Wildman–Crippen MR) is 73.2 cm³/mol. The average molecular weight is 267 g/mol. The Hall–Kier alpha value is -0.940. The van der Waals surface area contributed by atoms with Crippen molar-refractivity contribution >= 4 is 17.2 Å². The standard InChI is InChI=1S/C13H21N3OS/c1-9-12(18-8-15-9)7-16(2)13(17)11-5-3-4-10(11)6-14/h8,10-11H,3-7,14H2,1-2H3. The van der Waals surface area contributed by atoms with Crippen LogP contribution in [-0.2, 0) is 11.3 Å². The fourth-order valence-corrected chi connectivity index (χ4v) is 3.53. The molecule has 0 bridgehead atoms. The molecule has 5 heteroatoms. The number of carbonyl (C=O) groups is 1. The third-order valence-electron chi connectivity index (χ3n) is 3.88. The Balaban J connectivity index is 1.98. The second-order valence-corrected chi connectivity index (χ2v) is 6.03. The summed E-state index contributed by atoms with van der Waals surface area (Å²) in [4.78, 5) is 19.6. The number of thiazole rings is 1. The molecular formula is C13H21N3OS. The van der Waals surface area contributed by atoms with E-state index in [0.717, 1.165) is 25.0 Å². The van der Waals surface area contributed by atoms with E-state index in [9.17, 15) is 4.79 Å². The lowest BCUT2D eigenvalue weighted by molar-refractivity contribution is -0.135. The molecular weight excluding hydrogens is 246 g/mol. The minimum Gasteiger partial charge on any atom is -0.340 e. The first kappa shape index (κ1) is 13.5. The van der Waals surface area contributed by atoms with Gasteiger partial charge in [-0.1, -0.05) is 6.42 Å². The van der Waals surface area contributed by atoms with Gasteiger partial charge in [0.15, 0.2) is 0 Å². The zero-order valence-corrected chi connectivity index (χ0v) is 11.9. The van der Waals surface area contributed by atoms with Crippen LogP contribution in [-0.4, -0.2) is 29.4 Å². The van der Waals surface area contributed by atoms with Crippen molar-refractivity contribution in [2.24, 2.45) is 17.6 Å². The summed E-state index contributed by atoms with van der Waals surface area (Å²) in [6.07, 6.45) is 3.22. The van der Waals surface area contributed by atoms with Crippen molar-refractivity contribution < 1.29 is 4.79 Å². The first-order valence-electron chi connectivity index (χ1n) is 6.47. The van der Waals surface area contributed by atoms with Gasteiger partial charge in [-0.3, -0.25) is 4.79 Å². The van der Waals surface area contributed by atoms with Crippen molar-refractivity contribution in [1.82, 2.24) is 9.88 Å². The molecule has 1 aliphatic carbocycles. The van der Waals surface area contributed by atoms with E-state index >= 15 is 0 Å². The maximum absolute atomic E-state index is 12.4. The van der Waals surface area contributed by atoms with Crippen molar-refractivity contribution in [3.63, 3.8) is 0 Å². The Bertz CT molecular complexity index is 418. The van der Waals surface area contributed by atoms with E-state index in [2.05, 4.69) is 4.98 Å². The Morgan fingerprint density at radius 1 is 1.61 bits per heavy atom. The molecule has 0 radical (unpaired) electrons. The largest absolute Gasteiger partial charge is 0.340 e. The van der Waals surface area contributed by atoms with E-state index < -0.39 is 0 Å². The lowest BCUT2D eigenvalue weighted by atomic mass is 9.95. The SMILES string of the molecule is Cc1ncsc1CN(C)C(=O)C1CCCC1CN. The lowest BCUT2D eigenvalue weighted by Crippen LogP contribution is -2.36. The van der Waals surface area contributed by atoms with Crippen molar-refractivity contribution in [2.75, 3.05) is 13.6 Å². The fraction of sp³-hybridized carbons (Fsp3) is 0.692. The van der Waals surface area contributed by atoms with Gasteiger partial charge in [0, 0.05) is 17.8 Å². The Kier molecular flexibility index (Phi) is 4.35. The van der Waals surface area contributed by atoms with Gasteiger partial charge in [-0.25, -0.2) is 4.98 Å². The number of aryl methyl sites for hydroxylation is 1. The number of rotatable bonds is 4. The Morgan fingerprint density at radius 2 is 2.39 bits per heavy atom. The molecule has 1 heterocycles. The van der Waals surface area contributed by atoms with E-state index in [1.165, 1.54) is 4.88 Å². The topological polar surface area (TPSA) is 59.2 Å². The molecule has 0 aliphatic heterocycles. The Labute approximate surface area is 112 Å². The molecule has 4 nitrogen and oxygen atoms in total. The van der Waals surface area contributed by atoms with Crippen molar-refractivity contribution in [3.05, 3.63) is 16.1 Å². The molecule has 1 saturated carbocycles. The number of aromatic nitrogens is 1. The van der Waals surface area contributed by atoms with Crippen LogP contribution in [0.4, 0.5) is 0 Å². The van der Waals surface area contributed by atoms with E-state index in [4.69, 9.17) is 5.73 Å². The summed E-state index contributed by atoms with van der Waals surface area (Å²) >= 11 is 1.61. The van der Waals surface area contributed by atoms with Gasteiger partial charge in [-0.2, -0.15) is 0 Å². The first-order chi connectivity index (χ1) is 8.63. The van der Waals surface area contributed by atoms with Gasteiger partial charge in [0.2, 0.25) is 5.91 Å². The highest BCUT2D eigenvalue weighted by molar-refractivity contribution is 7.09. The van der Waals surface area contributed by atoms with Gasteiger partial charge >= 0.3 is 0 Å². The van der Waals surface area contributed by atoms with Crippen molar-refractivity contribution in [3.8, 4) is 0 Å². The van der Waals surface area contributed by atoms with Crippen LogP contribution in [0.3, 0.4) is 0 Å². The normalized spacial score (nSPS) is 23.3. The lowest BCUT2D eigenvalue weighted by Gasteiger charge is -2.24. The molecule has 0 spiro atoms. The second kappa shape index (κ2) is 5.80. The summed E-state index contributed by atoms with van der Waals surface area (Å²) in [5, 5.41) is 0. The maximum Gasteiger partial charge on any atom is 0.226 e. The third-order valence-corrected chi connectivity index (χ3v) is 4.80. The number of hydrogen-bond acceptors (Lipinski definition) is 4. The zero-order valence-electron chi connectivity index (χ0n) is 11.1. The second-order valence-electron chi connectivity index (χ2n) is 5.09. The molecule has 1 aromatic rings. The highest BCUT2D eigenvalue weighted by atomic mass is 32.1. The van der Waals surface area contributed by atoms with Gasteiger partial charge in [-0.05, 0) is 32.2 Å². The number of hydrogen-bond donors (Lipinski definition) is 1. The minimum absolute atomic E-state index is 0.133. The molecule has 2 rings (SSSR count). The van der Waals surface area contributed by atoms with Crippen LogP contribution in [0.15, 0.2) is 5.51 Å². The molecule has 1 aromatic heterocycles. The number of carbonyl (C=O) groups excluding carboxylic acids is 1. The summed E-state index contributed by atoms with van der Waals surface area (Å²) in [7, 11) is 1.88. The summed E-state index contributed by atoms with van der Waals surface area (Å²) < 4.78 is 0. The van der Waals surface area contributed by atoms with Gasteiger partial charge in [-0.15, -0.1) is 11.3 Å². The minimum atomic E-state index is 0.133. The van der Waals surface area contributed by atoms with Crippen LogP contribution < -0.4 is 5.73 Å². The van der Waals surface area contributed by atoms with E-state index in [1.54, 1.807) is 11.3 Å². The summed E-state index contributed by atoms with van der Waals surface area (Å²) in [6.45, 7) is 3.29. The van der Waals surface area contributed by atoms with Crippen LogP contribution in [0, 0.1) is 18.8 Å². The third kappa shape index (κ3) is 2.72. The van der Waals surface area contributed by atoms with Gasteiger partial charge in [0.25, 0.3) is 0 Å². The number of nitrogens with zero attached hydrogens (tertiary/aromatic N) is 2. The fourth-order valence-electron chi connectivity index (χ4n) is 2.70. The van der Waals surface area contributed by atoms with Gasteiger partial charge in [0.05, 0.1) is 17.7 Å². The van der Waals surface area contributed by atoms with Gasteiger partial charge in [0.1, 0.15) is 0 Å². The molecule has 2 atom stereocenters. The molecule has 0 saturated heterocycles. The van der Waals surface area contributed by atoms with Crippen LogP contribution in [0.2, 0.25) is 0 Å².